The number of nitrogens with zero attached hydrogens (tertiary/aromatic N) is 2. The molecule has 0 spiro atoms. The van der Waals surface area contributed by atoms with E-state index in [-0.39, 0.29) is 30.8 Å². The minimum Gasteiger partial charge on any atom is -0.352 e. The van der Waals surface area contributed by atoms with Gasteiger partial charge in [0.15, 0.2) is 0 Å². The zero-order chi connectivity index (χ0) is 27.0. The van der Waals surface area contributed by atoms with Crippen LogP contribution < -0.4 is 9.62 Å². The third kappa shape index (κ3) is 8.06. The van der Waals surface area contributed by atoms with Crippen LogP contribution in [0.3, 0.4) is 0 Å². The maximum atomic E-state index is 13.5. The van der Waals surface area contributed by atoms with Crippen molar-refractivity contribution >= 4 is 27.5 Å². The second-order valence-electron chi connectivity index (χ2n) is 10.1. The van der Waals surface area contributed by atoms with Crippen LogP contribution in [0.25, 0.3) is 0 Å². The zero-order valence-corrected chi connectivity index (χ0v) is 23.4. The number of rotatable bonds is 12. The Labute approximate surface area is 222 Å². The van der Waals surface area contributed by atoms with Crippen molar-refractivity contribution in [2.24, 2.45) is 0 Å². The average molecular weight is 528 g/mol. The first-order valence-electron chi connectivity index (χ1n) is 13.3. The molecule has 2 aromatic rings. The molecule has 2 amide bonds. The number of aryl methyl sites for hydroxylation is 2. The molecule has 3 rings (SSSR count). The van der Waals surface area contributed by atoms with E-state index in [0.717, 1.165) is 42.4 Å². The van der Waals surface area contributed by atoms with Crippen LogP contribution in [0.5, 0.6) is 0 Å². The van der Waals surface area contributed by atoms with Gasteiger partial charge in [0.2, 0.25) is 21.8 Å². The molecule has 202 valence electrons. The number of nitrogens with one attached hydrogen (secondary N) is 1. The number of hydrogen-bond donors (Lipinski definition) is 1. The summed E-state index contributed by atoms with van der Waals surface area (Å²) in [5.41, 5.74) is 3.65. The first-order valence-corrected chi connectivity index (χ1v) is 15.1. The summed E-state index contributed by atoms with van der Waals surface area (Å²) in [7, 11) is -3.52. The van der Waals surface area contributed by atoms with E-state index in [0.29, 0.717) is 25.1 Å². The maximum Gasteiger partial charge on any atom is 0.243 e. The van der Waals surface area contributed by atoms with Crippen molar-refractivity contribution in [1.82, 2.24) is 10.2 Å². The summed E-state index contributed by atoms with van der Waals surface area (Å²) >= 11 is 0. The Hall–Kier alpha value is -2.87. The van der Waals surface area contributed by atoms with Crippen LogP contribution in [-0.4, -0.2) is 50.0 Å². The van der Waals surface area contributed by atoms with Crippen molar-refractivity contribution < 1.29 is 18.0 Å². The Morgan fingerprint density at radius 3 is 2.30 bits per heavy atom. The van der Waals surface area contributed by atoms with Crippen LogP contribution in [0.15, 0.2) is 48.5 Å². The van der Waals surface area contributed by atoms with Gasteiger partial charge in [-0.3, -0.25) is 13.9 Å². The van der Waals surface area contributed by atoms with Gasteiger partial charge in [0.25, 0.3) is 0 Å². The Morgan fingerprint density at radius 1 is 1.03 bits per heavy atom. The summed E-state index contributed by atoms with van der Waals surface area (Å²) in [5, 5.41) is 3.16. The molecule has 1 aliphatic rings. The molecular weight excluding hydrogens is 486 g/mol. The summed E-state index contributed by atoms with van der Waals surface area (Å²) in [6.45, 7) is 6.39. The fraction of sp³-hybridized carbons (Fsp3) is 0.517. The van der Waals surface area contributed by atoms with Gasteiger partial charge in [0.05, 0.1) is 11.9 Å². The van der Waals surface area contributed by atoms with Gasteiger partial charge in [-0.05, 0) is 68.4 Å². The van der Waals surface area contributed by atoms with Gasteiger partial charge < -0.3 is 10.2 Å². The normalized spacial score (nSPS) is 14.8. The number of carbonyl (C=O) groups is 2. The SMILES string of the molecule is CC[C@@H](C(=O)NC1CCCC1)N(Cc1ccccc1)C(=O)CCCN(c1ccc(C)c(C)c1)S(C)(=O)=O. The minimum atomic E-state index is -3.52. The molecule has 0 bridgehead atoms. The lowest BCUT2D eigenvalue weighted by molar-refractivity contribution is -0.141. The molecule has 0 radical (unpaired) electrons. The fourth-order valence-corrected chi connectivity index (χ4v) is 5.91. The van der Waals surface area contributed by atoms with Gasteiger partial charge in [0.1, 0.15) is 6.04 Å². The van der Waals surface area contributed by atoms with Crippen molar-refractivity contribution in [3.8, 4) is 0 Å². The summed E-state index contributed by atoms with van der Waals surface area (Å²) < 4.78 is 26.5. The minimum absolute atomic E-state index is 0.105. The molecule has 0 heterocycles. The van der Waals surface area contributed by atoms with E-state index in [1.807, 2.05) is 63.2 Å². The molecule has 1 fully saturated rings. The standard InChI is InChI=1S/C29H41N3O4S/c1-5-27(29(34)30-25-14-9-10-15-25)31(21-24-12-7-6-8-13-24)28(33)16-11-19-32(37(4,35)36)26-18-17-22(2)23(3)20-26/h6-8,12-13,17-18,20,25,27H,5,9-11,14-16,19,21H2,1-4H3,(H,30,34)/t27-/m0/s1. The van der Waals surface area contributed by atoms with Gasteiger partial charge in [-0.2, -0.15) is 0 Å². The molecule has 1 N–H and O–H groups in total. The van der Waals surface area contributed by atoms with Crippen LogP contribution in [0, 0.1) is 13.8 Å². The predicted octanol–water partition coefficient (Wildman–Crippen LogP) is 4.72. The number of carbonyl (C=O) groups excluding carboxylic acids is 2. The lowest BCUT2D eigenvalue weighted by Gasteiger charge is -2.32. The first kappa shape index (κ1) is 28.7. The second kappa shape index (κ2) is 13.1. The van der Waals surface area contributed by atoms with Gasteiger partial charge >= 0.3 is 0 Å². The molecule has 7 nitrogen and oxygen atoms in total. The summed E-state index contributed by atoms with van der Waals surface area (Å²) in [6, 6.07) is 14.8. The van der Waals surface area contributed by atoms with Crippen molar-refractivity contribution in [2.75, 3.05) is 17.1 Å². The number of anilines is 1. The van der Waals surface area contributed by atoms with Crippen molar-refractivity contribution in [3.63, 3.8) is 0 Å². The largest absolute Gasteiger partial charge is 0.352 e. The second-order valence-corrected chi connectivity index (χ2v) is 12.0. The molecule has 0 aliphatic heterocycles. The molecule has 0 aromatic heterocycles. The Kier molecular flexibility index (Phi) is 10.1. The summed E-state index contributed by atoms with van der Waals surface area (Å²) in [4.78, 5) is 28.4. The molecule has 37 heavy (non-hydrogen) atoms. The Morgan fingerprint density at radius 2 is 1.70 bits per heavy atom. The molecule has 0 saturated heterocycles. The monoisotopic (exact) mass is 527 g/mol. The van der Waals surface area contributed by atoms with Crippen molar-refractivity contribution in [1.29, 1.82) is 0 Å². The molecule has 8 heteroatoms. The van der Waals surface area contributed by atoms with E-state index in [4.69, 9.17) is 0 Å². The number of benzene rings is 2. The van der Waals surface area contributed by atoms with E-state index in [1.165, 1.54) is 10.6 Å². The quantitative estimate of drug-likeness (QED) is 0.433. The van der Waals surface area contributed by atoms with Crippen LogP contribution in [0.1, 0.15) is 68.6 Å². The lowest BCUT2D eigenvalue weighted by Crippen LogP contribution is -2.51. The molecule has 1 aliphatic carbocycles. The predicted molar refractivity (Wildman–Crippen MR) is 149 cm³/mol. The topological polar surface area (TPSA) is 86.8 Å². The third-order valence-electron chi connectivity index (χ3n) is 7.21. The van der Waals surface area contributed by atoms with Gasteiger partial charge in [-0.15, -0.1) is 0 Å². The molecular formula is C29H41N3O4S. The van der Waals surface area contributed by atoms with Gasteiger partial charge in [0, 0.05) is 25.6 Å². The van der Waals surface area contributed by atoms with Gasteiger partial charge in [-0.1, -0.05) is 56.2 Å². The van der Waals surface area contributed by atoms with Crippen LogP contribution in [0.2, 0.25) is 0 Å². The van der Waals surface area contributed by atoms with Crippen LogP contribution >= 0.6 is 0 Å². The highest BCUT2D eigenvalue weighted by atomic mass is 32.2. The average Bonchev–Trinajstić information content (AvgIpc) is 3.36. The molecule has 2 aromatic carbocycles. The molecule has 1 atom stereocenters. The smallest absolute Gasteiger partial charge is 0.243 e. The van der Waals surface area contributed by atoms with E-state index >= 15 is 0 Å². The summed E-state index contributed by atoms with van der Waals surface area (Å²) in [6.07, 6.45) is 6.39. The molecule has 0 unspecified atom stereocenters. The van der Waals surface area contributed by atoms with Crippen molar-refractivity contribution in [3.05, 3.63) is 65.2 Å². The number of amides is 2. The van der Waals surface area contributed by atoms with Crippen molar-refractivity contribution in [2.45, 2.75) is 84.3 Å². The Bertz CT molecular complexity index is 1160. The van der Waals surface area contributed by atoms with Gasteiger partial charge in [-0.25, -0.2) is 8.42 Å². The highest BCUT2D eigenvalue weighted by Gasteiger charge is 2.30. The lowest BCUT2D eigenvalue weighted by atomic mass is 10.1. The third-order valence-corrected chi connectivity index (χ3v) is 8.41. The fourth-order valence-electron chi connectivity index (χ4n) is 4.95. The number of hydrogen-bond acceptors (Lipinski definition) is 4. The maximum absolute atomic E-state index is 13.5. The highest BCUT2D eigenvalue weighted by Crippen LogP contribution is 2.23. The van der Waals surface area contributed by atoms with Crippen LogP contribution in [-0.2, 0) is 26.2 Å². The van der Waals surface area contributed by atoms with E-state index < -0.39 is 16.1 Å². The highest BCUT2D eigenvalue weighted by molar-refractivity contribution is 7.92. The Balaban J connectivity index is 1.74. The zero-order valence-electron chi connectivity index (χ0n) is 22.6. The van der Waals surface area contributed by atoms with E-state index in [9.17, 15) is 18.0 Å². The summed E-state index contributed by atoms with van der Waals surface area (Å²) in [5.74, 6) is -0.252. The van der Waals surface area contributed by atoms with E-state index in [1.54, 1.807) is 11.0 Å². The number of sulfonamides is 1. The molecule has 1 saturated carbocycles. The van der Waals surface area contributed by atoms with E-state index in [2.05, 4.69) is 5.32 Å². The van der Waals surface area contributed by atoms with Crippen LogP contribution in [0.4, 0.5) is 5.69 Å². The first-order chi connectivity index (χ1) is 17.6.